The predicted octanol–water partition coefficient (Wildman–Crippen LogP) is 4.30. The zero-order chi connectivity index (χ0) is 20.9. The summed E-state index contributed by atoms with van der Waals surface area (Å²) in [5, 5.41) is 3.21. The molecule has 1 heterocycles. The molecule has 2 atom stereocenters. The fraction of sp³-hybridized carbons (Fsp3) is 0.417. The Labute approximate surface area is 172 Å². The first-order valence-corrected chi connectivity index (χ1v) is 10.3. The van der Waals surface area contributed by atoms with Crippen molar-refractivity contribution in [2.24, 2.45) is 0 Å². The van der Waals surface area contributed by atoms with Crippen LogP contribution in [0.1, 0.15) is 55.5 Å². The smallest absolute Gasteiger partial charge is 0.217 e. The Hall–Kier alpha value is -2.53. The third kappa shape index (κ3) is 5.30. The van der Waals surface area contributed by atoms with Crippen LogP contribution in [0, 0.1) is 5.82 Å². The van der Waals surface area contributed by atoms with Crippen molar-refractivity contribution in [3.8, 4) is 0 Å². The van der Waals surface area contributed by atoms with E-state index in [4.69, 9.17) is 0 Å². The van der Waals surface area contributed by atoms with Crippen LogP contribution < -0.4 is 5.32 Å². The highest BCUT2D eigenvalue weighted by Crippen LogP contribution is 2.36. The van der Waals surface area contributed by atoms with Gasteiger partial charge >= 0.3 is 0 Å². The van der Waals surface area contributed by atoms with Gasteiger partial charge in [0.05, 0.1) is 5.54 Å². The molecule has 0 spiro atoms. The number of piperidine rings is 1. The Morgan fingerprint density at radius 2 is 1.83 bits per heavy atom. The molecule has 2 aromatic carbocycles. The van der Waals surface area contributed by atoms with Crippen LogP contribution in [0.3, 0.4) is 0 Å². The van der Waals surface area contributed by atoms with Crippen LogP contribution in [0.25, 0.3) is 0 Å². The molecule has 1 amide bonds. The number of rotatable bonds is 7. The number of nitrogens with zero attached hydrogens (tertiary/aromatic N) is 1. The van der Waals surface area contributed by atoms with E-state index < -0.39 is 0 Å². The molecule has 1 N–H and O–H groups in total. The summed E-state index contributed by atoms with van der Waals surface area (Å²) in [6.07, 6.45) is 2.89. The number of hydrogen-bond acceptors (Lipinski definition) is 3. The third-order valence-corrected chi connectivity index (χ3v) is 5.85. The molecule has 29 heavy (non-hydrogen) atoms. The number of benzene rings is 2. The number of Topliss-reactive ketones (excluding diaryl/α,β-unsaturated/α-hetero) is 1. The van der Waals surface area contributed by atoms with E-state index in [1.807, 2.05) is 18.2 Å². The fourth-order valence-corrected chi connectivity index (χ4v) is 4.39. The largest absolute Gasteiger partial charge is 0.347 e. The normalized spacial score (nSPS) is 22.2. The van der Waals surface area contributed by atoms with Crippen LogP contribution >= 0.6 is 0 Å². The van der Waals surface area contributed by atoms with Gasteiger partial charge in [0.25, 0.3) is 0 Å². The zero-order valence-electron chi connectivity index (χ0n) is 17.2. The average Bonchev–Trinajstić information content (AvgIpc) is 2.70. The lowest BCUT2D eigenvalue weighted by Crippen LogP contribution is -2.55. The van der Waals surface area contributed by atoms with Crippen LogP contribution in [-0.2, 0) is 10.3 Å². The summed E-state index contributed by atoms with van der Waals surface area (Å²) >= 11 is 0. The van der Waals surface area contributed by atoms with Gasteiger partial charge in [-0.3, -0.25) is 9.59 Å². The number of likely N-dealkylation sites (tertiary alicyclic amines) is 1. The Morgan fingerprint density at radius 1 is 1.14 bits per heavy atom. The summed E-state index contributed by atoms with van der Waals surface area (Å²) in [4.78, 5) is 26.6. The minimum absolute atomic E-state index is 0.0144. The van der Waals surface area contributed by atoms with Gasteiger partial charge in [0.15, 0.2) is 5.78 Å². The summed E-state index contributed by atoms with van der Waals surface area (Å²) < 4.78 is 13.0. The van der Waals surface area contributed by atoms with Crippen molar-refractivity contribution < 1.29 is 14.0 Å². The lowest BCUT2D eigenvalue weighted by Gasteiger charge is -2.46. The summed E-state index contributed by atoms with van der Waals surface area (Å²) in [6.45, 7) is 5.45. The number of halogens is 1. The highest BCUT2D eigenvalue weighted by molar-refractivity contribution is 5.95. The maximum absolute atomic E-state index is 13.0. The van der Waals surface area contributed by atoms with Gasteiger partial charge < -0.3 is 10.2 Å². The van der Waals surface area contributed by atoms with Crippen LogP contribution in [0.4, 0.5) is 4.39 Å². The quantitative estimate of drug-likeness (QED) is 0.710. The highest BCUT2D eigenvalue weighted by Gasteiger charge is 2.39. The maximum Gasteiger partial charge on any atom is 0.217 e. The first-order valence-electron chi connectivity index (χ1n) is 10.3. The van der Waals surface area contributed by atoms with Gasteiger partial charge in [-0.05, 0) is 62.6 Å². The van der Waals surface area contributed by atoms with E-state index in [1.54, 1.807) is 19.1 Å². The second kappa shape index (κ2) is 9.31. The fourth-order valence-electron chi connectivity index (χ4n) is 4.39. The zero-order valence-corrected chi connectivity index (χ0v) is 17.2. The molecular weight excluding hydrogens is 367 g/mol. The minimum Gasteiger partial charge on any atom is -0.347 e. The van der Waals surface area contributed by atoms with Gasteiger partial charge in [-0.1, -0.05) is 30.3 Å². The molecule has 1 fully saturated rings. The lowest BCUT2D eigenvalue weighted by atomic mass is 9.77. The SMILES string of the molecule is CC(=O)NC1(c2ccccc2)CCN(CCCC(=O)c2ccc(F)cc2)C(C)C1. The van der Waals surface area contributed by atoms with E-state index in [1.165, 1.54) is 12.1 Å². The van der Waals surface area contributed by atoms with Gasteiger partial charge in [0, 0.05) is 31.5 Å². The Kier molecular flexibility index (Phi) is 6.80. The van der Waals surface area contributed by atoms with E-state index >= 15 is 0 Å². The first kappa shape index (κ1) is 21.2. The van der Waals surface area contributed by atoms with Crippen LogP contribution in [0.5, 0.6) is 0 Å². The molecule has 0 radical (unpaired) electrons. The van der Waals surface area contributed by atoms with Gasteiger partial charge in [-0.25, -0.2) is 4.39 Å². The van der Waals surface area contributed by atoms with E-state index in [0.29, 0.717) is 12.0 Å². The number of ketones is 1. The van der Waals surface area contributed by atoms with Gasteiger partial charge in [-0.15, -0.1) is 0 Å². The highest BCUT2D eigenvalue weighted by atomic mass is 19.1. The van der Waals surface area contributed by atoms with E-state index in [2.05, 4.69) is 29.3 Å². The maximum atomic E-state index is 13.0. The molecule has 0 aromatic heterocycles. The Balaban J connectivity index is 1.58. The van der Waals surface area contributed by atoms with Crippen LogP contribution in [0.15, 0.2) is 54.6 Å². The summed E-state index contributed by atoms with van der Waals surface area (Å²) in [6, 6.07) is 16.2. The summed E-state index contributed by atoms with van der Waals surface area (Å²) in [5.74, 6) is -0.296. The van der Waals surface area contributed by atoms with E-state index in [9.17, 15) is 14.0 Å². The molecule has 154 valence electrons. The Bertz CT molecular complexity index is 838. The lowest BCUT2D eigenvalue weighted by molar-refractivity contribution is -0.122. The molecule has 5 heteroatoms. The summed E-state index contributed by atoms with van der Waals surface area (Å²) in [7, 11) is 0. The van der Waals surface area contributed by atoms with E-state index in [0.717, 1.165) is 37.9 Å². The standard InChI is InChI=1S/C24H29FN2O2/c1-18-17-24(26-19(2)28,21-7-4-3-5-8-21)14-16-27(18)15-6-9-23(29)20-10-12-22(25)13-11-20/h3-5,7-8,10-13,18H,6,9,14-17H2,1-2H3,(H,26,28). The molecule has 2 aromatic rings. The predicted molar refractivity (Wildman–Crippen MR) is 112 cm³/mol. The van der Waals surface area contributed by atoms with Crippen molar-refractivity contribution in [3.63, 3.8) is 0 Å². The van der Waals surface area contributed by atoms with Crippen LogP contribution in [0.2, 0.25) is 0 Å². The molecule has 0 bridgehead atoms. The second-order valence-corrected chi connectivity index (χ2v) is 8.00. The number of carbonyl (C=O) groups is 2. The van der Waals surface area contributed by atoms with Crippen molar-refractivity contribution in [1.82, 2.24) is 10.2 Å². The molecule has 1 saturated heterocycles. The molecular formula is C24H29FN2O2. The monoisotopic (exact) mass is 396 g/mol. The second-order valence-electron chi connectivity index (χ2n) is 8.00. The molecule has 2 unspecified atom stereocenters. The average molecular weight is 397 g/mol. The van der Waals surface area contributed by atoms with Crippen molar-refractivity contribution in [1.29, 1.82) is 0 Å². The van der Waals surface area contributed by atoms with Crippen molar-refractivity contribution in [2.45, 2.75) is 51.1 Å². The molecule has 0 aliphatic carbocycles. The first-order chi connectivity index (χ1) is 13.9. The Morgan fingerprint density at radius 3 is 2.45 bits per heavy atom. The number of hydrogen-bond donors (Lipinski definition) is 1. The van der Waals surface area contributed by atoms with Crippen molar-refractivity contribution >= 4 is 11.7 Å². The van der Waals surface area contributed by atoms with Crippen LogP contribution in [-0.4, -0.2) is 35.7 Å². The minimum atomic E-state index is -0.340. The number of nitrogens with one attached hydrogen (secondary N) is 1. The number of carbonyl (C=O) groups excluding carboxylic acids is 2. The molecule has 3 rings (SSSR count). The van der Waals surface area contributed by atoms with Crippen molar-refractivity contribution in [3.05, 3.63) is 71.5 Å². The molecule has 4 nitrogen and oxygen atoms in total. The van der Waals surface area contributed by atoms with E-state index in [-0.39, 0.29) is 29.1 Å². The van der Waals surface area contributed by atoms with Gasteiger partial charge in [0.2, 0.25) is 5.91 Å². The number of amides is 1. The van der Waals surface area contributed by atoms with Gasteiger partial charge in [0.1, 0.15) is 5.82 Å². The third-order valence-electron chi connectivity index (χ3n) is 5.85. The topological polar surface area (TPSA) is 49.4 Å². The van der Waals surface area contributed by atoms with Gasteiger partial charge in [-0.2, -0.15) is 0 Å². The van der Waals surface area contributed by atoms with Crippen molar-refractivity contribution in [2.75, 3.05) is 13.1 Å². The molecule has 0 saturated carbocycles. The molecule has 1 aliphatic heterocycles. The summed E-state index contributed by atoms with van der Waals surface area (Å²) in [5.41, 5.74) is 1.37. The molecule has 1 aliphatic rings.